The molecule has 0 aromatic rings. The molecule has 0 aromatic heterocycles. The van der Waals surface area contributed by atoms with E-state index >= 15 is 0 Å². The van der Waals surface area contributed by atoms with Gasteiger partial charge in [0.05, 0.1) is 6.10 Å². The molecule has 2 heteroatoms. The van der Waals surface area contributed by atoms with E-state index in [1.807, 2.05) is 0 Å². The quantitative estimate of drug-likeness (QED) is 0.732. The van der Waals surface area contributed by atoms with E-state index in [1.54, 1.807) is 7.11 Å². The van der Waals surface area contributed by atoms with Gasteiger partial charge in [0.2, 0.25) is 0 Å². The van der Waals surface area contributed by atoms with Crippen LogP contribution in [-0.4, -0.2) is 18.8 Å². The van der Waals surface area contributed by atoms with Gasteiger partial charge in [-0.25, -0.2) is 0 Å². The first-order valence-electron chi connectivity index (χ1n) is 5.37. The summed E-state index contributed by atoms with van der Waals surface area (Å²) in [6.45, 7) is 4.42. The summed E-state index contributed by atoms with van der Waals surface area (Å²) in [6, 6.07) is 0. The monoisotopic (exact) mass is 185 g/mol. The van der Waals surface area contributed by atoms with Crippen LogP contribution in [0, 0.1) is 5.92 Å². The number of hydrogen-bond donors (Lipinski definition) is 1. The topological polar surface area (TPSA) is 35.2 Å². The molecule has 1 aliphatic carbocycles. The van der Waals surface area contributed by atoms with Crippen LogP contribution in [0.4, 0.5) is 0 Å². The van der Waals surface area contributed by atoms with Crippen LogP contribution >= 0.6 is 0 Å². The maximum Gasteiger partial charge on any atom is 0.0560 e. The molecule has 0 saturated heterocycles. The molecule has 13 heavy (non-hydrogen) atoms. The number of ether oxygens (including phenoxy) is 1. The van der Waals surface area contributed by atoms with Crippen LogP contribution in [-0.2, 0) is 4.74 Å². The first kappa shape index (κ1) is 11.0. The minimum absolute atomic E-state index is 0.0575. The number of nitrogens with two attached hydrogens (primary N) is 1. The standard InChI is InChI=1S/C11H23NO/c1-9-4-6-11(12,7-5-9)8-10(2)13-3/h9-10H,4-8,12H2,1-3H3. The lowest BCUT2D eigenvalue weighted by Gasteiger charge is -2.37. The second-order valence-electron chi connectivity index (χ2n) is 4.80. The Balaban J connectivity index is 2.38. The highest BCUT2D eigenvalue weighted by Gasteiger charge is 2.31. The van der Waals surface area contributed by atoms with Gasteiger partial charge in [-0.15, -0.1) is 0 Å². The van der Waals surface area contributed by atoms with E-state index in [0.717, 1.165) is 12.3 Å². The van der Waals surface area contributed by atoms with Gasteiger partial charge in [-0.2, -0.15) is 0 Å². The van der Waals surface area contributed by atoms with Crippen LogP contribution in [0.1, 0.15) is 46.0 Å². The summed E-state index contributed by atoms with van der Waals surface area (Å²) in [5.41, 5.74) is 6.38. The van der Waals surface area contributed by atoms with Crippen molar-refractivity contribution in [3.05, 3.63) is 0 Å². The maximum absolute atomic E-state index is 6.32. The second-order valence-corrected chi connectivity index (χ2v) is 4.80. The van der Waals surface area contributed by atoms with E-state index in [-0.39, 0.29) is 5.54 Å². The first-order chi connectivity index (χ1) is 6.06. The fraction of sp³-hybridized carbons (Fsp3) is 1.00. The fourth-order valence-corrected chi connectivity index (χ4v) is 2.20. The van der Waals surface area contributed by atoms with Crippen molar-refractivity contribution in [1.29, 1.82) is 0 Å². The molecule has 0 heterocycles. The van der Waals surface area contributed by atoms with Gasteiger partial charge in [0.1, 0.15) is 0 Å². The molecule has 0 bridgehead atoms. The number of hydrogen-bond acceptors (Lipinski definition) is 2. The zero-order chi connectivity index (χ0) is 9.90. The average molecular weight is 185 g/mol. The Morgan fingerprint density at radius 2 is 2.00 bits per heavy atom. The van der Waals surface area contributed by atoms with Crippen LogP contribution < -0.4 is 5.73 Å². The molecule has 1 aliphatic rings. The van der Waals surface area contributed by atoms with Crippen LogP contribution in [0.15, 0.2) is 0 Å². The van der Waals surface area contributed by atoms with E-state index in [4.69, 9.17) is 10.5 Å². The van der Waals surface area contributed by atoms with Crippen LogP contribution in [0.3, 0.4) is 0 Å². The van der Waals surface area contributed by atoms with Crippen LogP contribution in [0.2, 0.25) is 0 Å². The Labute approximate surface area is 81.8 Å². The van der Waals surface area contributed by atoms with Crippen molar-refractivity contribution < 1.29 is 4.74 Å². The van der Waals surface area contributed by atoms with Gasteiger partial charge < -0.3 is 10.5 Å². The maximum atomic E-state index is 6.32. The van der Waals surface area contributed by atoms with Crippen molar-refractivity contribution in [2.45, 2.75) is 57.6 Å². The Morgan fingerprint density at radius 1 is 1.46 bits per heavy atom. The van der Waals surface area contributed by atoms with Gasteiger partial charge >= 0.3 is 0 Å². The molecular formula is C11H23NO. The molecule has 0 aromatic carbocycles. The van der Waals surface area contributed by atoms with Gasteiger partial charge in [0.15, 0.2) is 0 Å². The zero-order valence-electron chi connectivity index (χ0n) is 9.18. The lowest BCUT2D eigenvalue weighted by atomic mass is 9.75. The third-order valence-corrected chi connectivity index (χ3v) is 3.37. The summed E-state index contributed by atoms with van der Waals surface area (Å²) >= 11 is 0. The summed E-state index contributed by atoms with van der Waals surface area (Å²) in [6.07, 6.45) is 6.22. The summed E-state index contributed by atoms with van der Waals surface area (Å²) in [4.78, 5) is 0. The molecule has 1 fully saturated rings. The molecule has 2 nitrogen and oxygen atoms in total. The summed E-state index contributed by atoms with van der Waals surface area (Å²) in [7, 11) is 1.76. The van der Waals surface area contributed by atoms with E-state index in [0.29, 0.717) is 6.10 Å². The molecule has 1 saturated carbocycles. The van der Waals surface area contributed by atoms with E-state index in [1.165, 1.54) is 25.7 Å². The Kier molecular flexibility index (Phi) is 3.74. The lowest BCUT2D eigenvalue weighted by molar-refractivity contribution is 0.0739. The molecular weight excluding hydrogens is 162 g/mol. The largest absolute Gasteiger partial charge is 0.382 e. The third kappa shape index (κ3) is 3.28. The minimum atomic E-state index is 0.0575. The van der Waals surface area contributed by atoms with Crippen LogP contribution in [0.5, 0.6) is 0 Å². The highest BCUT2D eigenvalue weighted by Crippen LogP contribution is 2.33. The van der Waals surface area contributed by atoms with Crippen molar-refractivity contribution in [3.8, 4) is 0 Å². The minimum Gasteiger partial charge on any atom is -0.382 e. The van der Waals surface area contributed by atoms with Gasteiger partial charge in [0, 0.05) is 12.6 Å². The van der Waals surface area contributed by atoms with E-state index in [2.05, 4.69) is 13.8 Å². The van der Waals surface area contributed by atoms with E-state index in [9.17, 15) is 0 Å². The molecule has 1 rings (SSSR count). The van der Waals surface area contributed by atoms with Crippen LogP contribution in [0.25, 0.3) is 0 Å². The Hall–Kier alpha value is -0.0800. The molecule has 78 valence electrons. The summed E-state index contributed by atoms with van der Waals surface area (Å²) in [5, 5.41) is 0. The first-order valence-corrected chi connectivity index (χ1v) is 5.37. The summed E-state index contributed by atoms with van der Waals surface area (Å²) < 4.78 is 5.26. The molecule has 0 spiro atoms. The lowest BCUT2D eigenvalue weighted by Crippen LogP contribution is -2.45. The third-order valence-electron chi connectivity index (χ3n) is 3.37. The molecule has 2 N–H and O–H groups in total. The Morgan fingerprint density at radius 3 is 2.46 bits per heavy atom. The number of rotatable bonds is 3. The average Bonchev–Trinajstić information content (AvgIpc) is 2.10. The molecule has 0 radical (unpaired) electrons. The van der Waals surface area contributed by atoms with Gasteiger partial charge in [0.25, 0.3) is 0 Å². The SMILES string of the molecule is COC(C)CC1(N)CCC(C)CC1. The zero-order valence-corrected chi connectivity index (χ0v) is 9.18. The molecule has 0 amide bonds. The van der Waals surface area contributed by atoms with Crippen molar-refractivity contribution in [1.82, 2.24) is 0 Å². The Bertz CT molecular complexity index is 150. The predicted molar refractivity (Wildman–Crippen MR) is 55.6 cm³/mol. The highest BCUT2D eigenvalue weighted by atomic mass is 16.5. The van der Waals surface area contributed by atoms with Gasteiger partial charge in [-0.3, -0.25) is 0 Å². The van der Waals surface area contributed by atoms with Crippen molar-refractivity contribution >= 4 is 0 Å². The molecule has 1 unspecified atom stereocenters. The van der Waals surface area contributed by atoms with Gasteiger partial charge in [-0.1, -0.05) is 6.92 Å². The fourth-order valence-electron chi connectivity index (χ4n) is 2.20. The number of methoxy groups -OCH3 is 1. The van der Waals surface area contributed by atoms with Crippen molar-refractivity contribution in [3.63, 3.8) is 0 Å². The van der Waals surface area contributed by atoms with Crippen molar-refractivity contribution in [2.24, 2.45) is 11.7 Å². The summed E-state index contributed by atoms with van der Waals surface area (Å²) in [5.74, 6) is 0.870. The van der Waals surface area contributed by atoms with Crippen molar-refractivity contribution in [2.75, 3.05) is 7.11 Å². The smallest absolute Gasteiger partial charge is 0.0560 e. The second kappa shape index (κ2) is 4.43. The van der Waals surface area contributed by atoms with Gasteiger partial charge in [-0.05, 0) is 44.9 Å². The molecule has 0 aliphatic heterocycles. The predicted octanol–water partition coefficient (Wildman–Crippen LogP) is 2.32. The normalized spacial score (nSPS) is 37.4. The molecule has 1 atom stereocenters. The highest BCUT2D eigenvalue weighted by molar-refractivity contribution is 4.90. The van der Waals surface area contributed by atoms with E-state index < -0.39 is 0 Å².